The molecule has 2 rings (SSSR count). The van der Waals surface area contributed by atoms with Gasteiger partial charge in [0.05, 0.1) is 16.1 Å². The molecule has 4 nitrogen and oxygen atoms in total. The van der Waals surface area contributed by atoms with Gasteiger partial charge in [0, 0.05) is 49.4 Å². The first kappa shape index (κ1) is 14.7. The van der Waals surface area contributed by atoms with Gasteiger partial charge in [-0.05, 0) is 28.9 Å². The average Bonchev–Trinajstić information content (AvgIpc) is 2.87. The number of nitrogens with one attached hydrogen (secondary N) is 1. The summed E-state index contributed by atoms with van der Waals surface area (Å²) in [6.07, 6.45) is 2.07. The van der Waals surface area contributed by atoms with Crippen LogP contribution in [0.2, 0.25) is 0 Å². The van der Waals surface area contributed by atoms with E-state index in [4.69, 9.17) is 4.74 Å². The van der Waals surface area contributed by atoms with Gasteiger partial charge in [-0.15, -0.1) is 11.3 Å². The van der Waals surface area contributed by atoms with Crippen molar-refractivity contribution in [1.29, 1.82) is 0 Å². The molecule has 0 atom stereocenters. The number of hydrogen-bond acceptors (Lipinski definition) is 4. The van der Waals surface area contributed by atoms with Gasteiger partial charge >= 0.3 is 0 Å². The van der Waals surface area contributed by atoms with E-state index in [0.717, 1.165) is 29.2 Å². The topological polar surface area (TPSA) is 39.1 Å². The number of methoxy groups -OCH3 is 1. The summed E-state index contributed by atoms with van der Waals surface area (Å²) in [6, 6.07) is 2.14. The Morgan fingerprint density at radius 1 is 1.53 bits per heavy atom. The lowest BCUT2D eigenvalue weighted by Crippen LogP contribution is -2.18. The summed E-state index contributed by atoms with van der Waals surface area (Å²) in [6.45, 7) is 4.50. The first-order valence-corrected chi connectivity index (χ1v) is 7.71. The maximum atomic E-state index is 5.03. The van der Waals surface area contributed by atoms with E-state index in [1.165, 1.54) is 16.0 Å². The van der Waals surface area contributed by atoms with Crippen LogP contribution in [-0.2, 0) is 18.3 Å². The summed E-state index contributed by atoms with van der Waals surface area (Å²) in [7, 11) is 3.67. The number of halogens is 1. The fraction of sp³-hybridized carbons (Fsp3) is 0.462. The molecule has 0 bridgehead atoms. The summed E-state index contributed by atoms with van der Waals surface area (Å²) in [5.41, 5.74) is 3.49. The van der Waals surface area contributed by atoms with E-state index in [1.807, 2.05) is 11.7 Å². The van der Waals surface area contributed by atoms with E-state index >= 15 is 0 Å². The molecule has 0 aliphatic rings. The zero-order valence-corrected chi connectivity index (χ0v) is 13.8. The summed E-state index contributed by atoms with van der Waals surface area (Å²) < 4.78 is 8.05. The highest BCUT2D eigenvalue weighted by Gasteiger charge is 2.14. The number of aryl methyl sites for hydroxylation is 2. The van der Waals surface area contributed by atoms with E-state index < -0.39 is 0 Å². The smallest absolute Gasteiger partial charge is 0.0979 e. The fourth-order valence-corrected chi connectivity index (χ4v) is 3.66. The summed E-state index contributed by atoms with van der Waals surface area (Å²) in [4.78, 5) is 1.28. The van der Waals surface area contributed by atoms with Crippen molar-refractivity contribution in [3.8, 4) is 11.3 Å². The van der Waals surface area contributed by atoms with Gasteiger partial charge < -0.3 is 10.1 Å². The summed E-state index contributed by atoms with van der Waals surface area (Å²) >= 11 is 5.28. The Hall–Kier alpha value is -0.690. The Kier molecular flexibility index (Phi) is 5.15. The van der Waals surface area contributed by atoms with Crippen molar-refractivity contribution < 1.29 is 4.74 Å². The van der Waals surface area contributed by atoms with Crippen molar-refractivity contribution in [2.24, 2.45) is 7.05 Å². The SMILES string of the molecule is COCCNCc1cn(C)nc1-c1cc(Br)sc1C. The first-order valence-electron chi connectivity index (χ1n) is 6.10. The molecule has 0 aliphatic carbocycles. The van der Waals surface area contributed by atoms with Gasteiger partial charge in [0.1, 0.15) is 0 Å². The van der Waals surface area contributed by atoms with Gasteiger partial charge in [0.25, 0.3) is 0 Å². The van der Waals surface area contributed by atoms with Gasteiger partial charge in [-0.1, -0.05) is 0 Å². The molecule has 0 radical (unpaired) electrons. The number of hydrogen-bond donors (Lipinski definition) is 1. The van der Waals surface area contributed by atoms with E-state index in [2.05, 4.69) is 45.5 Å². The predicted molar refractivity (Wildman–Crippen MR) is 82.5 cm³/mol. The molecule has 0 spiro atoms. The van der Waals surface area contributed by atoms with Crippen LogP contribution >= 0.6 is 27.3 Å². The van der Waals surface area contributed by atoms with E-state index in [0.29, 0.717) is 0 Å². The molecule has 0 unspecified atom stereocenters. The Morgan fingerprint density at radius 2 is 2.32 bits per heavy atom. The number of rotatable bonds is 6. The standard InChI is InChI=1S/C13H18BrN3OS/c1-9-11(6-12(14)19-9)13-10(8-17(2)16-13)7-15-4-5-18-3/h6,8,15H,4-5,7H2,1-3H3. The molecule has 1 N–H and O–H groups in total. The van der Waals surface area contributed by atoms with Gasteiger partial charge in [-0.25, -0.2) is 0 Å². The van der Waals surface area contributed by atoms with E-state index in [1.54, 1.807) is 18.4 Å². The molecule has 0 aliphatic heterocycles. The lowest BCUT2D eigenvalue weighted by Gasteiger charge is -2.04. The average molecular weight is 344 g/mol. The summed E-state index contributed by atoms with van der Waals surface area (Å²) in [5, 5.41) is 7.95. The van der Waals surface area contributed by atoms with Crippen molar-refractivity contribution in [2.45, 2.75) is 13.5 Å². The quantitative estimate of drug-likeness (QED) is 0.819. The van der Waals surface area contributed by atoms with Crippen molar-refractivity contribution >= 4 is 27.3 Å². The van der Waals surface area contributed by atoms with Crippen molar-refractivity contribution in [3.05, 3.63) is 26.5 Å². The minimum atomic E-state index is 0.721. The highest BCUT2D eigenvalue weighted by molar-refractivity contribution is 9.11. The lowest BCUT2D eigenvalue weighted by atomic mass is 10.1. The van der Waals surface area contributed by atoms with Crippen LogP contribution in [0.1, 0.15) is 10.4 Å². The third kappa shape index (κ3) is 3.66. The van der Waals surface area contributed by atoms with Crippen LogP contribution in [-0.4, -0.2) is 30.0 Å². The van der Waals surface area contributed by atoms with Crippen LogP contribution in [0.3, 0.4) is 0 Å². The second kappa shape index (κ2) is 6.65. The normalized spacial score (nSPS) is 11.2. The van der Waals surface area contributed by atoms with E-state index in [9.17, 15) is 0 Å². The molecule has 0 amide bonds. The maximum Gasteiger partial charge on any atom is 0.0979 e. The van der Waals surface area contributed by atoms with Crippen LogP contribution in [0.25, 0.3) is 11.3 Å². The third-order valence-electron chi connectivity index (χ3n) is 2.85. The van der Waals surface area contributed by atoms with Crippen molar-refractivity contribution in [1.82, 2.24) is 15.1 Å². The zero-order valence-electron chi connectivity index (χ0n) is 11.4. The highest BCUT2D eigenvalue weighted by atomic mass is 79.9. The Balaban J connectivity index is 2.18. The third-order valence-corrected chi connectivity index (χ3v) is 4.40. The zero-order chi connectivity index (χ0) is 13.8. The number of ether oxygens (including phenoxy) is 1. The van der Waals surface area contributed by atoms with Crippen molar-refractivity contribution in [3.63, 3.8) is 0 Å². The highest BCUT2D eigenvalue weighted by Crippen LogP contribution is 2.34. The van der Waals surface area contributed by atoms with Crippen LogP contribution in [0, 0.1) is 6.92 Å². The molecule has 6 heteroatoms. The maximum absolute atomic E-state index is 5.03. The summed E-state index contributed by atoms with van der Waals surface area (Å²) in [5.74, 6) is 0. The van der Waals surface area contributed by atoms with Gasteiger partial charge in [-0.3, -0.25) is 4.68 Å². The largest absolute Gasteiger partial charge is 0.383 e. The van der Waals surface area contributed by atoms with Crippen LogP contribution in [0.5, 0.6) is 0 Å². The monoisotopic (exact) mass is 343 g/mol. The number of thiophene rings is 1. The van der Waals surface area contributed by atoms with Crippen LogP contribution < -0.4 is 5.32 Å². The Labute approximate surface area is 125 Å². The van der Waals surface area contributed by atoms with Gasteiger partial charge in [-0.2, -0.15) is 5.10 Å². The molecule has 0 saturated carbocycles. The van der Waals surface area contributed by atoms with E-state index in [-0.39, 0.29) is 0 Å². The molecule has 2 aromatic rings. The lowest BCUT2D eigenvalue weighted by molar-refractivity contribution is 0.199. The molecule has 2 aromatic heterocycles. The fourth-order valence-electron chi connectivity index (χ4n) is 1.97. The molecule has 0 saturated heterocycles. The Morgan fingerprint density at radius 3 is 2.95 bits per heavy atom. The molecule has 2 heterocycles. The van der Waals surface area contributed by atoms with Gasteiger partial charge in [0.15, 0.2) is 0 Å². The van der Waals surface area contributed by atoms with Gasteiger partial charge in [0.2, 0.25) is 0 Å². The van der Waals surface area contributed by atoms with Crippen LogP contribution in [0.4, 0.5) is 0 Å². The number of nitrogens with zero attached hydrogens (tertiary/aromatic N) is 2. The molecular formula is C13H18BrN3OS. The minimum absolute atomic E-state index is 0.721. The van der Waals surface area contributed by atoms with Crippen molar-refractivity contribution in [2.75, 3.05) is 20.3 Å². The number of aromatic nitrogens is 2. The molecule has 19 heavy (non-hydrogen) atoms. The molecule has 0 fully saturated rings. The molecule has 0 aromatic carbocycles. The predicted octanol–water partition coefficient (Wildman–Crippen LogP) is 2.96. The second-order valence-corrected chi connectivity index (χ2v) is 7.00. The first-order chi connectivity index (χ1) is 9.11. The Bertz CT molecular complexity index is 550. The molecule has 104 valence electrons. The molecular weight excluding hydrogens is 326 g/mol. The second-order valence-electron chi connectivity index (χ2n) is 4.37. The minimum Gasteiger partial charge on any atom is -0.383 e. The van der Waals surface area contributed by atoms with Crippen LogP contribution in [0.15, 0.2) is 16.0 Å².